The molecule has 0 atom stereocenters. The van der Waals surface area contributed by atoms with E-state index < -0.39 is 5.97 Å². The van der Waals surface area contributed by atoms with Gasteiger partial charge in [0.05, 0.1) is 15.7 Å². The third kappa shape index (κ3) is 3.49. The molecule has 2 aromatic rings. The lowest BCUT2D eigenvalue weighted by Gasteiger charge is -2.10. The minimum Gasteiger partial charge on any atom is -0.439 e. The maximum Gasteiger partial charge on any atom is 0.376 e. The number of nitrogens with one attached hydrogen (secondary N) is 2. The largest absolute Gasteiger partial charge is 0.439 e. The molecule has 5 nitrogen and oxygen atoms in total. The molecular weight excluding hydrogens is 348 g/mol. The number of benzene rings is 1. The Kier molecular flexibility index (Phi) is 4.99. The molecule has 0 saturated carbocycles. The molecule has 2 rings (SSSR count). The van der Waals surface area contributed by atoms with Gasteiger partial charge in [-0.3, -0.25) is 0 Å². The second-order valence-electron chi connectivity index (χ2n) is 3.54. The zero-order chi connectivity index (χ0) is 14.7. The second kappa shape index (κ2) is 6.54. The van der Waals surface area contributed by atoms with Crippen LogP contribution in [0.5, 0.6) is 0 Å². The Bertz CT molecular complexity index is 605. The third-order valence-corrected chi connectivity index (χ3v) is 3.50. The highest BCUT2D eigenvalue weighted by Crippen LogP contribution is 2.29. The first kappa shape index (κ1) is 15.3. The first-order valence-corrected chi connectivity index (χ1v) is 6.76. The van der Waals surface area contributed by atoms with Gasteiger partial charge in [0.15, 0.2) is 11.9 Å². The molecule has 1 heterocycles. The van der Waals surface area contributed by atoms with E-state index in [0.29, 0.717) is 15.7 Å². The van der Waals surface area contributed by atoms with Crippen LogP contribution in [-0.4, -0.2) is 22.7 Å². The molecule has 0 aliphatic carbocycles. The molecule has 0 saturated heterocycles. The molecule has 106 valence electrons. The van der Waals surface area contributed by atoms with Crippen LogP contribution in [0.4, 0.5) is 5.69 Å². The zero-order valence-electron chi connectivity index (χ0n) is 9.71. The minimum atomic E-state index is -0.713. The van der Waals surface area contributed by atoms with Crippen molar-refractivity contribution in [3.63, 3.8) is 0 Å². The number of hydrogen-bond donors (Lipinski definition) is 2. The lowest BCUT2D eigenvalue weighted by molar-refractivity contribution is 0.0521. The number of hydrogen-bond acceptors (Lipinski definition) is 4. The van der Waals surface area contributed by atoms with Gasteiger partial charge in [0.2, 0.25) is 5.82 Å². The number of anilines is 1. The number of carbonyl (C=O) groups is 1. The van der Waals surface area contributed by atoms with E-state index in [0.717, 1.165) is 0 Å². The van der Waals surface area contributed by atoms with E-state index in [4.69, 9.17) is 51.1 Å². The van der Waals surface area contributed by atoms with Gasteiger partial charge in [-0.25, -0.2) is 9.78 Å². The van der Waals surface area contributed by atoms with E-state index >= 15 is 0 Å². The van der Waals surface area contributed by atoms with Crippen molar-refractivity contribution in [1.29, 1.82) is 0 Å². The summed E-state index contributed by atoms with van der Waals surface area (Å²) in [6.45, 7) is -0.141. The van der Waals surface area contributed by atoms with Crippen molar-refractivity contribution >= 4 is 58.1 Å². The number of aromatic amines is 1. The van der Waals surface area contributed by atoms with E-state index in [-0.39, 0.29) is 22.9 Å². The van der Waals surface area contributed by atoms with Crippen molar-refractivity contribution in [2.24, 2.45) is 0 Å². The highest BCUT2D eigenvalue weighted by atomic mass is 35.5. The van der Waals surface area contributed by atoms with Gasteiger partial charge in [0, 0.05) is 0 Å². The highest BCUT2D eigenvalue weighted by molar-refractivity contribution is 6.40. The first-order valence-electron chi connectivity index (χ1n) is 5.25. The highest BCUT2D eigenvalue weighted by Gasteiger charge is 2.15. The number of ether oxygens (including phenoxy) is 1. The first-order chi connectivity index (χ1) is 9.49. The summed E-state index contributed by atoms with van der Waals surface area (Å²) in [6, 6.07) is 5.02. The summed E-state index contributed by atoms with van der Waals surface area (Å²) >= 11 is 23.1. The quantitative estimate of drug-likeness (QED) is 0.636. The average Bonchev–Trinajstić information content (AvgIpc) is 2.73. The fourth-order valence-electron chi connectivity index (χ4n) is 1.34. The Hall–Kier alpha value is -1.14. The lowest BCUT2D eigenvalue weighted by Crippen LogP contribution is -2.14. The maximum atomic E-state index is 11.6. The van der Waals surface area contributed by atoms with Crippen molar-refractivity contribution in [3.05, 3.63) is 44.4 Å². The van der Waals surface area contributed by atoms with Gasteiger partial charge in [0.25, 0.3) is 0 Å². The molecule has 0 aliphatic heterocycles. The zero-order valence-corrected chi connectivity index (χ0v) is 12.7. The van der Waals surface area contributed by atoms with Gasteiger partial charge in [-0.15, -0.1) is 0 Å². The van der Waals surface area contributed by atoms with E-state index in [2.05, 4.69) is 15.3 Å². The van der Waals surface area contributed by atoms with Crippen molar-refractivity contribution < 1.29 is 9.53 Å². The van der Waals surface area contributed by atoms with Crippen LogP contribution in [0, 0.1) is 0 Å². The Morgan fingerprint density at radius 3 is 2.45 bits per heavy atom. The normalized spacial score (nSPS) is 10.4. The Balaban J connectivity index is 1.94. The Labute approximate surface area is 134 Å². The van der Waals surface area contributed by atoms with Gasteiger partial charge < -0.3 is 15.0 Å². The summed E-state index contributed by atoms with van der Waals surface area (Å²) in [5.41, 5.74) is 0.471. The van der Waals surface area contributed by atoms with Gasteiger partial charge in [-0.2, -0.15) is 0 Å². The van der Waals surface area contributed by atoms with Gasteiger partial charge in [0.1, 0.15) is 5.15 Å². The number of imidazole rings is 1. The average molecular weight is 355 g/mol. The molecule has 0 unspecified atom stereocenters. The van der Waals surface area contributed by atoms with E-state index in [9.17, 15) is 4.79 Å². The minimum absolute atomic E-state index is 0.000670. The van der Waals surface area contributed by atoms with Gasteiger partial charge in [-0.05, 0) is 12.1 Å². The molecule has 0 spiro atoms. The Morgan fingerprint density at radius 1 is 1.25 bits per heavy atom. The summed E-state index contributed by atoms with van der Waals surface area (Å²) in [5, 5.41) is 3.69. The molecule has 2 N–H and O–H groups in total. The molecule has 0 fully saturated rings. The second-order valence-corrected chi connectivity index (χ2v) is 5.09. The summed E-state index contributed by atoms with van der Waals surface area (Å²) < 4.78 is 4.93. The molecular formula is C11H7Cl4N3O2. The number of aromatic nitrogens is 2. The lowest BCUT2D eigenvalue weighted by atomic mass is 10.3. The predicted molar refractivity (Wildman–Crippen MR) is 79.0 cm³/mol. The molecule has 20 heavy (non-hydrogen) atoms. The standard InChI is InChI=1S/C11H7Cl4N3O2/c12-5-2-1-3-6(13)7(5)16-4-20-11(19)10-17-8(14)9(15)18-10/h1-3,16H,4H2,(H,17,18). The van der Waals surface area contributed by atoms with E-state index in [1.165, 1.54) is 0 Å². The molecule has 1 aromatic heterocycles. The summed E-state index contributed by atoms with van der Waals surface area (Å²) in [5.74, 6) is -0.804. The van der Waals surface area contributed by atoms with Crippen molar-refractivity contribution in [2.75, 3.05) is 12.0 Å². The number of nitrogens with zero attached hydrogens (tertiary/aromatic N) is 1. The van der Waals surface area contributed by atoms with Crippen LogP contribution in [0.2, 0.25) is 20.4 Å². The van der Waals surface area contributed by atoms with Crippen LogP contribution >= 0.6 is 46.4 Å². The maximum absolute atomic E-state index is 11.6. The van der Waals surface area contributed by atoms with Crippen molar-refractivity contribution in [3.8, 4) is 0 Å². The smallest absolute Gasteiger partial charge is 0.376 e. The summed E-state index contributed by atoms with van der Waals surface area (Å²) in [7, 11) is 0. The van der Waals surface area contributed by atoms with Crippen LogP contribution in [0.3, 0.4) is 0 Å². The molecule has 9 heteroatoms. The van der Waals surface area contributed by atoms with Crippen LogP contribution in [-0.2, 0) is 4.74 Å². The molecule has 0 aliphatic rings. The number of esters is 1. The Morgan fingerprint density at radius 2 is 1.90 bits per heavy atom. The monoisotopic (exact) mass is 353 g/mol. The molecule has 0 bridgehead atoms. The number of carbonyl (C=O) groups excluding carboxylic acids is 1. The van der Waals surface area contributed by atoms with E-state index in [1.807, 2.05) is 0 Å². The van der Waals surface area contributed by atoms with Gasteiger partial charge >= 0.3 is 5.97 Å². The molecule has 1 aromatic carbocycles. The number of para-hydroxylation sites is 1. The number of rotatable bonds is 4. The van der Waals surface area contributed by atoms with Crippen LogP contribution in [0.1, 0.15) is 10.6 Å². The van der Waals surface area contributed by atoms with Crippen molar-refractivity contribution in [2.45, 2.75) is 0 Å². The topological polar surface area (TPSA) is 67.0 Å². The van der Waals surface area contributed by atoms with Crippen LogP contribution in [0.25, 0.3) is 0 Å². The summed E-state index contributed by atoms with van der Waals surface area (Å²) in [6.07, 6.45) is 0. The predicted octanol–water partition coefficient (Wildman–Crippen LogP) is 4.25. The van der Waals surface area contributed by atoms with Gasteiger partial charge in [-0.1, -0.05) is 52.5 Å². The van der Waals surface area contributed by atoms with Crippen LogP contribution in [0.15, 0.2) is 18.2 Å². The van der Waals surface area contributed by atoms with Crippen LogP contribution < -0.4 is 5.32 Å². The number of halogens is 4. The summed E-state index contributed by atoms with van der Waals surface area (Å²) in [4.78, 5) is 17.8. The van der Waals surface area contributed by atoms with Crippen molar-refractivity contribution in [1.82, 2.24) is 9.97 Å². The molecule has 0 amide bonds. The number of H-pyrrole nitrogens is 1. The fourth-order valence-corrected chi connectivity index (χ4v) is 2.13. The van der Waals surface area contributed by atoms with E-state index in [1.54, 1.807) is 18.2 Å². The third-order valence-electron chi connectivity index (χ3n) is 2.23. The fraction of sp³-hybridized carbons (Fsp3) is 0.0909. The SMILES string of the molecule is O=C(OCNc1c(Cl)cccc1Cl)c1nc(Cl)c(Cl)[nH]1. The molecule has 0 radical (unpaired) electrons.